The summed E-state index contributed by atoms with van der Waals surface area (Å²) in [6, 6.07) is 21.0. The number of carbonyl (C=O) groups is 2. The third kappa shape index (κ3) is 2.94. The molecule has 2 aromatic heterocycles. The second kappa shape index (κ2) is 7.25. The van der Waals surface area contributed by atoms with Gasteiger partial charge in [0.25, 0.3) is 11.8 Å². The molecule has 0 spiro atoms. The number of benzene rings is 3. The highest BCUT2D eigenvalue weighted by Gasteiger charge is 2.34. The Bertz CT molecular complexity index is 1470. The summed E-state index contributed by atoms with van der Waals surface area (Å²) in [6.07, 6.45) is 3.59. The van der Waals surface area contributed by atoms with Crippen molar-refractivity contribution >= 4 is 34.2 Å². The van der Waals surface area contributed by atoms with E-state index in [4.69, 9.17) is 0 Å². The lowest BCUT2D eigenvalue weighted by molar-refractivity contribution is 0.0642. The molecule has 7 heteroatoms. The van der Waals surface area contributed by atoms with E-state index in [2.05, 4.69) is 16.0 Å². The molecule has 5 aromatic rings. The van der Waals surface area contributed by atoms with Crippen LogP contribution in [-0.4, -0.2) is 31.2 Å². The molecule has 0 saturated carbocycles. The standard InChI is InChI=1S/C25H16N4O2S/c30-24-19-6-1-2-7-20(19)25(31)28(24)14-16-8-9-22-21(12-16)27-15-29(22)18-5-3-4-17(13-18)23-26-10-11-32-23/h1-13,15H,14H2. The Balaban J connectivity index is 1.31. The van der Waals surface area contributed by atoms with Crippen LogP contribution >= 0.6 is 11.3 Å². The first-order valence-corrected chi connectivity index (χ1v) is 11.0. The predicted molar refractivity (Wildman–Crippen MR) is 123 cm³/mol. The van der Waals surface area contributed by atoms with Gasteiger partial charge in [-0.3, -0.25) is 19.1 Å². The maximum absolute atomic E-state index is 12.7. The van der Waals surface area contributed by atoms with Crippen molar-refractivity contribution in [2.45, 2.75) is 6.54 Å². The average molecular weight is 436 g/mol. The van der Waals surface area contributed by atoms with Crippen LogP contribution in [0.2, 0.25) is 0 Å². The monoisotopic (exact) mass is 436 g/mol. The Morgan fingerprint density at radius 1 is 0.844 bits per heavy atom. The largest absolute Gasteiger partial charge is 0.299 e. The highest BCUT2D eigenvalue weighted by atomic mass is 32.1. The summed E-state index contributed by atoms with van der Waals surface area (Å²) in [7, 11) is 0. The normalized spacial score (nSPS) is 13.2. The number of amides is 2. The third-order valence-electron chi connectivity index (χ3n) is 5.63. The zero-order chi connectivity index (χ0) is 21.7. The van der Waals surface area contributed by atoms with Crippen LogP contribution < -0.4 is 0 Å². The number of hydrogen-bond acceptors (Lipinski definition) is 5. The molecular formula is C25H16N4O2S. The van der Waals surface area contributed by atoms with E-state index < -0.39 is 0 Å². The smallest absolute Gasteiger partial charge is 0.261 e. The van der Waals surface area contributed by atoms with Crippen LogP contribution in [0.1, 0.15) is 26.3 Å². The third-order valence-corrected chi connectivity index (χ3v) is 6.46. The van der Waals surface area contributed by atoms with Gasteiger partial charge < -0.3 is 0 Å². The average Bonchev–Trinajstić information content (AvgIpc) is 3.56. The molecule has 0 atom stereocenters. The van der Waals surface area contributed by atoms with Crippen LogP contribution in [0.4, 0.5) is 0 Å². The summed E-state index contributed by atoms with van der Waals surface area (Å²) in [5, 5.41) is 2.93. The van der Waals surface area contributed by atoms with E-state index in [1.807, 2.05) is 46.3 Å². The molecule has 0 radical (unpaired) electrons. The van der Waals surface area contributed by atoms with E-state index in [-0.39, 0.29) is 18.4 Å². The minimum Gasteiger partial charge on any atom is -0.299 e. The molecule has 6 nitrogen and oxygen atoms in total. The Hall–Kier alpha value is -4.10. The molecule has 3 aromatic carbocycles. The van der Waals surface area contributed by atoms with Gasteiger partial charge in [-0.05, 0) is 42.0 Å². The molecule has 0 unspecified atom stereocenters. The number of nitrogens with zero attached hydrogens (tertiary/aromatic N) is 4. The molecule has 1 aliphatic rings. The van der Waals surface area contributed by atoms with Gasteiger partial charge in [0.1, 0.15) is 11.3 Å². The maximum atomic E-state index is 12.7. The van der Waals surface area contributed by atoms with E-state index in [0.29, 0.717) is 11.1 Å². The first-order valence-electron chi connectivity index (χ1n) is 10.1. The van der Waals surface area contributed by atoms with Crippen molar-refractivity contribution in [2.24, 2.45) is 0 Å². The lowest BCUT2D eigenvalue weighted by atomic mass is 10.1. The molecule has 32 heavy (non-hydrogen) atoms. The molecule has 3 heterocycles. The van der Waals surface area contributed by atoms with Crippen LogP contribution in [0.5, 0.6) is 0 Å². The number of rotatable bonds is 4. The van der Waals surface area contributed by atoms with Crippen molar-refractivity contribution < 1.29 is 9.59 Å². The summed E-state index contributed by atoms with van der Waals surface area (Å²) >= 11 is 1.60. The number of thiazole rings is 1. The molecule has 6 rings (SSSR count). The van der Waals surface area contributed by atoms with Gasteiger partial charge in [0.15, 0.2) is 0 Å². The van der Waals surface area contributed by atoms with E-state index in [9.17, 15) is 9.59 Å². The zero-order valence-corrected chi connectivity index (χ0v) is 17.6. The minimum atomic E-state index is -0.254. The molecule has 0 aliphatic carbocycles. The van der Waals surface area contributed by atoms with Crippen molar-refractivity contribution in [3.8, 4) is 16.3 Å². The lowest BCUT2D eigenvalue weighted by Gasteiger charge is -2.14. The second-order valence-corrected chi connectivity index (χ2v) is 8.46. The molecule has 1 aliphatic heterocycles. The Morgan fingerprint density at radius 3 is 2.41 bits per heavy atom. The SMILES string of the molecule is O=C1c2ccccc2C(=O)N1Cc1ccc2c(c1)ncn2-c1cccc(-c2nccs2)c1. The molecule has 154 valence electrons. The highest BCUT2D eigenvalue weighted by Crippen LogP contribution is 2.28. The second-order valence-electron chi connectivity index (χ2n) is 7.57. The van der Waals surface area contributed by atoms with Crippen molar-refractivity contribution in [3.63, 3.8) is 0 Å². The Morgan fingerprint density at radius 2 is 1.66 bits per heavy atom. The van der Waals surface area contributed by atoms with Crippen molar-refractivity contribution in [1.29, 1.82) is 0 Å². The predicted octanol–water partition coefficient (Wildman–Crippen LogP) is 4.95. The summed E-state index contributed by atoms with van der Waals surface area (Å²) in [5.41, 5.74) is 5.58. The fourth-order valence-electron chi connectivity index (χ4n) is 4.08. The van der Waals surface area contributed by atoms with Crippen LogP contribution in [-0.2, 0) is 6.54 Å². The van der Waals surface area contributed by atoms with Gasteiger partial charge in [-0.1, -0.05) is 30.3 Å². The maximum Gasteiger partial charge on any atom is 0.261 e. The highest BCUT2D eigenvalue weighted by molar-refractivity contribution is 7.13. The van der Waals surface area contributed by atoms with Crippen molar-refractivity contribution in [1.82, 2.24) is 19.4 Å². The van der Waals surface area contributed by atoms with Gasteiger partial charge in [-0.2, -0.15) is 0 Å². The first kappa shape index (κ1) is 18.7. The molecule has 0 N–H and O–H groups in total. The molecule has 0 fully saturated rings. The van der Waals surface area contributed by atoms with Crippen LogP contribution in [0.15, 0.2) is 84.6 Å². The number of imidazole rings is 1. The summed E-state index contributed by atoms with van der Waals surface area (Å²) in [5.74, 6) is -0.509. The topological polar surface area (TPSA) is 68.1 Å². The van der Waals surface area contributed by atoms with Crippen LogP contribution in [0.25, 0.3) is 27.3 Å². The van der Waals surface area contributed by atoms with E-state index in [1.165, 1.54) is 4.90 Å². The minimum absolute atomic E-state index is 0.217. The number of carbonyl (C=O) groups excluding carboxylic acids is 2. The van der Waals surface area contributed by atoms with Gasteiger partial charge in [0.05, 0.1) is 28.7 Å². The lowest BCUT2D eigenvalue weighted by Crippen LogP contribution is -2.29. The quantitative estimate of drug-likeness (QED) is 0.374. The van der Waals surface area contributed by atoms with Crippen molar-refractivity contribution in [2.75, 3.05) is 0 Å². The van der Waals surface area contributed by atoms with Gasteiger partial charge >= 0.3 is 0 Å². The number of hydrogen-bond donors (Lipinski definition) is 0. The van der Waals surface area contributed by atoms with E-state index in [0.717, 1.165) is 32.9 Å². The van der Waals surface area contributed by atoms with Gasteiger partial charge in [-0.15, -0.1) is 11.3 Å². The van der Waals surface area contributed by atoms with Gasteiger partial charge in [-0.25, -0.2) is 9.97 Å². The van der Waals surface area contributed by atoms with E-state index in [1.54, 1.807) is 48.1 Å². The molecular weight excluding hydrogens is 420 g/mol. The van der Waals surface area contributed by atoms with E-state index >= 15 is 0 Å². The number of imide groups is 1. The summed E-state index contributed by atoms with van der Waals surface area (Å²) in [4.78, 5) is 35.6. The summed E-state index contributed by atoms with van der Waals surface area (Å²) in [6.45, 7) is 0.217. The first-order chi connectivity index (χ1) is 15.7. The number of fused-ring (bicyclic) bond motifs is 2. The Kier molecular flexibility index (Phi) is 4.22. The summed E-state index contributed by atoms with van der Waals surface area (Å²) < 4.78 is 2.03. The fourth-order valence-corrected chi connectivity index (χ4v) is 4.72. The van der Waals surface area contributed by atoms with Crippen molar-refractivity contribution in [3.05, 3.63) is 101 Å². The number of aromatic nitrogens is 3. The molecule has 0 bridgehead atoms. The van der Waals surface area contributed by atoms with Crippen LogP contribution in [0, 0.1) is 0 Å². The Labute approximate surface area is 187 Å². The zero-order valence-electron chi connectivity index (χ0n) is 16.8. The van der Waals surface area contributed by atoms with Gasteiger partial charge in [0.2, 0.25) is 0 Å². The van der Waals surface area contributed by atoms with Gasteiger partial charge in [0, 0.05) is 22.8 Å². The fraction of sp³-hybridized carbons (Fsp3) is 0.0400. The van der Waals surface area contributed by atoms with Crippen LogP contribution in [0.3, 0.4) is 0 Å². The molecule has 2 amide bonds. The molecule has 0 saturated heterocycles.